The average Bonchev–Trinajstić information content (AvgIpc) is 2.17. The van der Waals surface area contributed by atoms with Crippen LogP contribution in [0, 0.1) is 11.8 Å². The molecule has 15 heavy (non-hydrogen) atoms. The molecular weight excluding hydrogens is 188 g/mol. The van der Waals surface area contributed by atoms with Crippen molar-refractivity contribution in [3.8, 4) is 0 Å². The first kappa shape index (κ1) is 10.2. The summed E-state index contributed by atoms with van der Waals surface area (Å²) < 4.78 is 0. The molecule has 0 aliphatic heterocycles. The molecule has 0 bridgehead atoms. The average molecular weight is 204 g/mol. The maximum absolute atomic E-state index is 10.8. The molecule has 0 aromatic heterocycles. The first-order valence-corrected chi connectivity index (χ1v) is 5.54. The Morgan fingerprint density at radius 2 is 2.00 bits per heavy atom. The molecule has 0 amide bonds. The third kappa shape index (κ3) is 2.38. The van der Waals surface area contributed by atoms with E-state index in [-0.39, 0.29) is 5.92 Å². The molecule has 2 unspecified atom stereocenters. The van der Waals surface area contributed by atoms with Crippen molar-refractivity contribution in [1.29, 1.82) is 0 Å². The van der Waals surface area contributed by atoms with Crippen molar-refractivity contribution in [2.24, 2.45) is 11.8 Å². The fourth-order valence-corrected chi connectivity index (χ4v) is 2.24. The lowest BCUT2D eigenvalue weighted by molar-refractivity contribution is -0.147. The minimum absolute atomic E-state index is 0.0753. The minimum atomic E-state index is -0.612. The number of aliphatic carboxylic acids is 1. The first-order valence-electron chi connectivity index (χ1n) is 5.54. The van der Waals surface area contributed by atoms with Crippen molar-refractivity contribution >= 4 is 5.97 Å². The van der Waals surface area contributed by atoms with E-state index in [4.69, 9.17) is 5.11 Å². The molecule has 1 N–H and O–H groups in total. The third-order valence-electron chi connectivity index (χ3n) is 3.38. The number of carboxylic acid groups (broad SMARTS) is 1. The van der Waals surface area contributed by atoms with Gasteiger partial charge >= 0.3 is 5.97 Å². The molecule has 0 heterocycles. The van der Waals surface area contributed by atoms with Crippen LogP contribution >= 0.6 is 0 Å². The molecule has 1 aliphatic carbocycles. The molecule has 0 radical (unpaired) electrons. The maximum Gasteiger partial charge on any atom is 0.306 e. The smallest absolute Gasteiger partial charge is 0.306 e. The largest absolute Gasteiger partial charge is 0.481 e. The van der Waals surface area contributed by atoms with E-state index < -0.39 is 5.97 Å². The Morgan fingerprint density at radius 3 is 2.53 bits per heavy atom. The van der Waals surface area contributed by atoms with E-state index in [9.17, 15) is 4.79 Å². The van der Waals surface area contributed by atoms with Gasteiger partial charge in [0.15, 0.2) is 0 Å². The quantitative estimate of drug-likeness (QED) is 0.818. The first-order chi connectivity index (χ1) is 7.27. The van der Waals surface area contributed by atoms with E-state index in [2.05, 4.69) is 12.1 Å². The van der Waals surface area contributed by atoms with Gasteiger partial charge in [0, 0.05) is 0 Å². The van der Waals surface area contributed by atoms with Gasteiger partial charge in [-0.25, -0.2) is 0 Å². The van der Waals surface area contributed by atoms with Crippen LogP contribution in [0.3, 0.4) is 0 Å². The van der Waals surface area contributed by atoms with Gasteiger partial charge in [-0.15, -0.1) is 0 Å². The van der Waals surface area contributed by atoms with Crippen LogP contribution in [-0.2, 0) is 11.2 Å². The Bertz CT molecular complexity index is 332. The highest BCUT2D eigenvalue weighted by Crippen LogP contribution is 2.37. The van der Waals surface area contributed by atoms with Gasteiger partial charge in [-0.3, -0.25) is 4.79 Å². The molecule has 1 fully saturated rings. The van der Waals surface area contributed by atoms with Gasteiger partial charge in [0.05, 0.1) is 5.92 Å². The van der Waals surface area contributed by atoms with Gasteiger partial charge in [-0.05, 0) is 37.2 Å². The summed E-state index contributed by atoms with van der Waals surface area (Å²) in [4.78, 5) is 10.8. The maximum atomic E-state index is 10.8. The number of hydrogen-bond donors (Lipinski definition) is 1. The van der Waals surface area contributed by atoms with Gasteiger partial charge < -0.3 is 5.11 Å². The Labute approximate surface area is 89.9 Å². The molecule has 1 aromatic carbocycles. The molecule has 0 saturated heterocycles. The van der Waals surface area contributed by atoms with Gasteiger partial charge in [-0.1, -0.05) is 30.3 Å². The van der Waals surface area contributed by atoms with Gasteiger partial charge in [0.1, 0.15) is 0 Å². The summed E-state index contributed by atoms with van der Waals surface area (Å²) in [5.41, 5.74) is 1.31. The highest BCUT2D eigenvalue weighted by atomic mass is 16.4. The SMILES string of the molecule is O=C(O)C1CCC1CCc1ccccc1. The highest BCUT2D eigenvalue weighted by molar-refractivity contribution is 5.71. The standard InChI is InChI=1S/C13H16O2/c14-13(15)12-9-8-11(12)7-6-10-4-2-1-3-5-10/h1-5,11-12H,6-9H2,(H,14,15). The van der Waals surface area contributed by atoms with Crippen molar-refractivity contribution in [2.45, 2.75) is 25.7 Å². The van der Waals surface area contributed by atoms with Crippen LogP contribution in [0.15, 0.2) is 30.3 Å². The lowest BCUT2D eigenvalue weighted by Gasteiger charge is -2.33. The van der Waals surface area contributed by atoms with E-state index in [0.717, 1.165) is 25.7 Å². The molecule has 80 valence electrons. The van der Waals surface area contributed by atoms with Crippen molar-refractivity contribution in [2.75, 3.05) is 0 Å². The van der Waals surface area contributed by atoms with Gasteiger partial charge in [-0.2, -0.15) is 0 Å². The molecule has 1 aliphatic rings. The molecule has 1 aromatic rings. The fourth-order valence-electron chi connectivity index (χ4n) is 2.24. The zero-order valence-electron chi connectivity index (χ0n) is 8.73. The predicted molar refractivity (Wildman–Crippen MR) is 58.6 cm³/mol. The number of hydrogen-bond acceptors (Lipinski definition) is 1. The van der Waals surface area contributed by atoms with E-state index in [1.54, 1.807) is 0 Å². The van der Waals surface area contributed by atoms with Gasteiger partial charge in [0.2, 0.25) is 0 Å². The Hall–Kier alpha value is -1.31. The lowest BCUT2D eigenvalue weighted by atomic mass is 9.71. The minimum Gasteiger partial charge on any atom is -0.481 e. The van der Waals surface area contributed by atoms with Crippen LogP contribution in [0.4, 0.5) is 0 Å². The topological polar surface area (TPSA) is 37.3 Å². The lowest BCUT2D eigenvalue weighted by Crippen LogP contribution is -2.32. The molecule has 1 saturated carbocycles. The summed E-state index contributed by atoms with van der Waals surface area (Å²) in [6, 6.07) is 10.3. The fraction of sp³-hybridized carbons (Fsp3) is 0.462. The number of carboxylic acids is 1. The Balaban J connectivity index is 1.82. The van der Waals surface area contributed by atoms with Crippen molar-refractivity contribution in [1.82, 2.24) is 0 Å². The van der Waals surface area contributed by atoms with Crippen molar-refractivity contribution < 1.29 is 9.90 Å². The van der Waals surface area contributed by atoms with E-state index in [1.807, 2.05) is 18.2 Å². The van der Waals surface area contributed by atoms with E-state index in [0.29, 0.717) is 5.92 Å². The summed E-state index contributed by atoms with van der Waals surface area (Å²) in [5, 5.41) is 8.90. The summed E-state index contributed by atoms with van der Waals surface area (Å²) in [6.45, 7) is 0. The van der Waals surface area contributed by atoms with Crippen LogP contribution in [0.5, 0.6) is 0 Å². The number of benzene rings is 1. The number of carbonyl (C=O) groups is 1. The summed E-state index contributed by atoms with van der Waals surface area (Å²) in [6.07, 6.45) is 3.98. The second-order valence-electron chi connectivity index (χ2n) is 4.31. The van der Waals surface area contributed by atoms with Crippen molar-refractivity contribution in [3.05, 3.63) is 35.9 Å². The predicted octanol–water partition coefficient (Wildman–Crippen LogP) is 2.73. The summed E-state index contributed by atoms with van der Waals surface area (Å²) >= 11 is 0. The highest BCUT2D eigenvalue weighted by Gasteiger charge is 2.35. The van der Waals surface area contributed by atoms with Crippen LogP contribution in [0.2, 0.25) is 0 Å². The van der Waals surface area contributed by atoms with Crippen LogP contribution < -0.4 is 0 Å². The molecule has 2 heteroatoms. The molecule has 2 atom stereocenters. The summed E-state index contributed by atoms with van der Waals surface area (Å²) in [7, 11) is 0. The normalized spacial score (nSPS) is 24.5. The second kappa shape index (κ2) is 4.47. The van der Waals surface area contributed by atoms with Crippen LogP contribution in [-0.4, -0.2) is 11.1 Å². The third-order valence-corrected chi connectivity index (χ3v) is 3.38. The zero-order chi connectivity index (χ0) is 10.7. The Morgan fingerprint density at radius 1 is 1.27 bits per heavy atom. The molecular formula is C13H16O2. The zero-order valence-corrected chi connectivity index (χ0v) is 8.73. The van der Waals surface area contributed by atoms with Crippen LogP contribution in [0.25, 0.3) is 0 Å². The number of rotatable bonds is 4. The Kier molecular flexibility index (Phi) is 3.05. The summed E-state index contributed by atoms with van der Waals surface area (Å²) in [5.74, 6) is -0.282. The van der Waals surface area contributed by atoms with Gasteiger partial charge in [0.25, 0.3) is 0 Å². The van der Waals surface area contributed by atoms with Crippen LogP contribution in [0.1, 0.15) is 24.8 Å². The van der Waals surface area contributed by atoms with Crippen molar-refractivity contribution in [3.63, 3.8) is 0 Å². The molecule has 2 nitrogen and oxygen atoms in total. The number of aryl methyl sites for hydroxylation is 1. The van der Waals surface area contributed by atoms with E-state index in [1.165, 1.54) is 5.56 Å². The monoisotopic (exact) mass is 204 g/mol. The van der Waals surface area contributed by atoms with E-state index >= 15 is 0 Å². The second-order valence-corrected chi connectivity index (χ2v) is 4.31. The molecule has 0 spiro atoms. The molecule has 2 rings (SSSR count).